The number of hydrogen-bond donors (Lipinski definition) is 1. The molecule has 94 valence electrons. The van der Waals surface area contributed by atoms with Gasteiger partial charge in [-0.3, -0.25) is 4.79 Å². The molecule has 16 heavy (non-hydrogen) atoms. The zero-order valence-corrected chi connectivity index (χ0v) is 11.3. The van der Waals surface area contributed by atoms with E-state index in [1.807, 2.05) is 0 Å². The third-order valence-corrected chi connectivity index (χ3v) is 3.62. The summed E-state index contributed by atoms with van der Waals surface area (Å²) < 4.78 is 0. The van der Waals surface area contributed by atoms with Crippen LogP contribution in [0.2, 0.25) is 0 Å². The monoisotopic (exact) mass is 245 g/mol. The van der Waals surface area contributed by atoms with Crippen molar-refractivity contribution < 1.29 is 4.79 Å². The van der Waals surface area contributed by atoms with Crippen molar-refractivity contribution in [2.75, 3.05) is 5.88 Å². The first kappa shape index (κ1) is 13.8. The molecule has 2 nitrogen and oxygen atoms in total. The second-order valence-corrected chi connectivity index (χ2v) is 6.05. The van der Waals surface area contributed by atoms with Crippen LogP contribution >= 0.6 is 11.6 Å². The Labute approximate surface area is 104 Å². The summed E-state index contributed by atoms with van der Waals surface area (Å²) in [5.74, 6) is 0.858. The van der Waals surface area contributed by atoms with Crippen LogP contribution in [0.1, 0.15) is 58.8 Å². The van der Waals surface area contributed by atoms with Crippen molar-refractivity contribution >= 4 is 17.5 Å². The fraction of sp³-hybridized carbons (Fsp3) is 0.923. The molecule has 1 saturated carbocycles. The smallest absolute Gasteiger partial charge is 0.220 e. The summed E-state index contributed by atoms with van der Waals surface area (Å²) in [5.41, 5.74) is 0.395. The number of nitrogens with one attached hydrogen (secondary N) is 1. The van der Waals surface area contributed by atoms with Gasteiger partial charge < -0.3 is 5.32 Å². The second-order valence-electron chi connectivity index (χ2n) is 5.67. The molecular formula is C13H24ClNO. The lowest BCUT2D eigenvalue weighted by Crippen LogP contribution is -2.40. The first-order valence-electron chi connectivity index (χ1n) is 6.39. The molecule has 1 amide bonds. The minimum atomic E-state index is 0.202. The van der Waals surface area contributed by atoms with E-state index < -0.39 is 0 Å². The highest BCUT2D eigenvalue weighted by Crippen LogP contribution is 2.35. The number of halogens is 1. The Morgan fingerprint density at radius 2 is 2.19 bits per heavy atom. The predicted molar refractivity (Wildman–Crippen MR) is 68.8 cm³/mol. The average Bonchev–Trinajstić information content (AvgIpc) is 2.16. The van der Waals surface area contributed by atoms with Gasteiger partial charge in [-0.05, 0) is 37.5 Å². The molecule has 1 aliphatic carbocycles. The average molecular weight is 246 g/mol. The number of alkyl halides is 1. The number of rotatable bonds is 5. The van der Waals surface area contributed by atoms with Crippen LogP contribution < -0.4 is 5.32 Å². The van der Waals surface area contributed by atoms with E-state index in [1.54, 1.807) is 0 Å². The SMILES string of the molecule is CC1(C)CCCC(NC(=O)CCCCCl)C1. The van der Waals surface area contributed by atoms with Crippen LogP contribution in [-0.2, 0) is 4.79 Å². The number of hydrogen-bond acceptors (Lipinski definition) is 1. The molecule has 0 aliphatic heterocycles. The summed E-state index contributed by atoms with van der Waals surface area (Å²) in [5, 5.41) is 3.15. The number of amides is 1. The van der Waals surface area contributed by atoms with E-state index in [0.29, 0.717) is 23.8 Å². The molecule has 0 aromatic carbocycles. The van der Waals surface area contributed by atoms with E-state index in [-0.39, 0.29) is 5.91 Å². The van der Waals surface area contributed by atoms with Gasteiger partial charge in [-0.15, -0.1) is 11.6 Å². The molecule has 3 heteroatoms. The molecular weight excluding hydrogens is 222 g/mol. The molecule has 0 radical (unpaired) electrons. The van der Waals surface area contributed by atoms with E-state index >= 15 is 0 Å². The van der Waals surface area contributed by atoms with Crippen molar-refractivity contribution in [3.05, 3.63) is 0 Å². The normalized spacial score (nSPS) is 24.1. The quantitative estimate of drug-likeness (QED) is 0.583. The highest BCUT2D eigenvalue weighted by atomic mass is 35.5. The van der Waals surface area contributed by atoms with Crippen LogP contribution in [0.5, 0.6) is 0 Å². The van der Waals surface area contributed by atoms with Gasteiger partial charge in [0, 0.05) is 18.3 Å². The van der Waals surface area contributed by atoms with E-state index in [4.69, 9.17) is 11.6 Å². The van der Waals surface area contributed by atoms with Crippen LogP contribution in [0, 0.1) is 5.41 Å². The number of carbonyl (C=O) groups excluding carboxylic acids is 1. The maximum absolute atomic E-state index is 11.6. The van der Waals surface area contributed by atoms with Crippen LogP contribution in [0.25, 0.3) is 0 Å². The molecule has 0 heterocycles. The Kier molecular flexibility index (Phi) is 5.60. The van der Waals surface area contributed by atoms with Gasteiger partial charge in [0.1, 0.15) is 0 Å². The highest BCUT2D eigenvalue weighted by Gasteiger charge is 2.28. The highest BCUT2D eigenvalue weighted by molar-refractivity contribution is 6.17. The van der Waals surface area contributed by atoms with E-state index in [9.17, 15) is 4.79 Å². The van der Waals surface area contributed by atoms with Crippen molar-refractivity contribution in [3.8, 4) is 0 Å². The molecule has 1 fully saturated rings. The van der Waals surface area contributed by atoms with Crippen LogP contribution in [0.3, 0.4) is 0 Å². The van der Waals surface area contributed by atoms with Gasteiger partial charge in [0.25, 0.3) is 0 Å². The molecule has 0 bridgehead atoms. The zero-order valence-electron chi connectivity index (χ0n) is 10.5. The van der Waals surface area contributed by atoms with Gasteiger partial charge >= 0.3 is 0 Å². The molecule has 0 aromatic heterocycles. The first-order valence-corrected chi connectivity index (χ1v) is 6.92. The summed E-state index contributed by atoms with van der Waals surface area (Å²) in [4.78, 5) is 11.6. The fourth-order valence-electron chi connectivity index (χ4n) is 2.50. The molecule has 0 aromatic rings. The molecule has 1 atom stereocenters. The Morgan fingerprint density at radius 1 is 1.44 bits per heavy atom. The molecule has 0 spiro atoms. The standard InChI is InChI=1S/C13H24ClNO/c1-13(2)8-5-6-11(10-13)15-12(16)7-3-4-9-14/h11H,3-10H2,1-2H3,(H,15,16). The van der Waals surface area contributed by atoms with E-state index in [1.165, 1.54) is 12.8 Å². The van der Waals surface area contributed by atoms with Gasteiger partial charge in [-0.2, -0.15) is 0 Å². The van der Waals surface area contributed by atoms with Crippen molar-refractivity contribution in [2.45, 2.75) is 64.8 Å². The first-order chi connectivity index (χ1) is 7.53. The second kappa shape index (κ2) is 6.48. The van der Waals surface area contributed by atoms with Crippen LogP contribution in [0.15, 0.2) is 0 Å². The van der Waals surface area contributed by atoms with Gasteiger partial charge in [0.2, 0.25) is 5.91 Å². The summed E-state index contributed by atoms with van der Waals surface area (Å²) in [7, 11) is 0. The Hall–Kier alpha value is -0.240. The Bertz CT molecular complexity index is 228. The summed E-state index contributed by atoms with van der Waals surface area (Å²) >= 11 is 5.58. The lowest BCUT2D eigenvalue weighted by Gasteiger charge is -2.35. The fourth-order valence-corrected chi connectivity index (χ4v) is 2.69. The largest absolute Gasteiger partial charge is 0.353 e. The van der Waals surface area contributed by atoms with Gasteiger partial charge in [-0.1, -0.05) is 20.3 Å². The zero-order chi connectivity index (χ0) is 12.0. The molecule has 0 saturated heterocycles. The molecule has 1 aliphatic rings. The van der Waals surface area contributed by atoms with Gasteiger partial charge in [0.15, 0.2) is 0 Å². The van der Waals surface area contributed by atoms with Gasteiger partial charge in [-0.25, -0.2) is 0 Å². The van der Waals surface area contributed by atoms with Crippen LogP contribution in [0.4, 0.5) is 0 Å². The summed E-state index contributed by atoms with van der Waals surface area (Å²) in [6, 6.07) is 0.396. The third-order valence-electron chi connectivity index (χ3n) is 3.36. The third kappa shape index (κ3) is 5.20. The predicted octanol–water partition coefficient (Wildman–Crippen LogP) is 3.48. The Balaban J connectivity index is 2.23. The minimum Gasteiger partial charge on any atom is -0.353 e. The summed E-state index contributed by atoms with van der Waals surface area (Å²) in [6.07, 6.45) is 7.25. The molecule has 1 N–H and O–H groups in total. The lowest BCUT2D eigenvalue weighted by atomic mass is 9.75. The maximum Gasteiger partial charge on any atom is 0.220 e. The minimum absolute atomic E-state index is 0.202. The molecule has 1 rings (SSSR count). The van der Waals surface area contributed by atoms with Gasteiger partial charge in [0.05, 0.1) is 0 Å². The summed E-state index contributed by atoms with van der Waals surface area (Å²) in [6.45, 7) is 4.58. The van der Waals surface area contributed by atoms with Crippen molar-refractivity contribution in [1.82, 2.24) is 5.32 Å². The number of unbranched alkanes of at least 4 members (excludes halogenated alkanes) is 1. The maximum atomic E-state index is 11.6. The topological polar surface area (TPSA) is 29.1 Å². The van der Waals surface area contributed by atoms with Crippen molar-refractivity contribution in [3.63, 3.8) is 0 Å². The van der Waals surface area contributed by atoms with E-state index in [0.717, 1.165) is 25.7 Å². The van der Waals surface area contributed by atoms with Crippen molar-refractivity contribution in [2.24, 2.45) is 5.41 Å². The lowest BCUT2D eigenvalue weighted by molar-refractivity contribution is -0.122. The van der Waals surface area contributed by atoms with Crippen molar-refractivity contribution in [1.29, 1.82) is 0 Å². The Morgan fingerprint density at radius 3 is 2.81 bits per heavy atom. The van der Waals surface area contributed by atoms with Crippen LogP contribution in [-0.4, -0.2) is 17.8 Å². The van der Waals surface area contributed by atoms with E-state index in [2.05, 4.69) is 19.2 Å². The molecule has 1 unspecified atom stereocenters. The number of carbonyl (C=O) groups is 1.